The topological polar surface area (TPSA) is 51.3 Å². The van der Waals surface area contributed by atoms with Crippen molar-refractivity contribution in [2.24, 2.45) is 5.92 Å². The van der Waals surface area contributed by atoms with E-state index < -0.39 is 11.9 Å². The first-order valence-electron chi connectivity index (χ1n) is 7.68. The maximum absolute atomic E-state index is 12.7. The van der Waals surface area contributed by atoms with Crippen LogP contribution in [-0.4, -0.2) is 34.0 Å². The number of hydrogen-bond acceptors (Lipinski definition) is 3. The van der Waals surface area contributed by atoms with E-state index in [1.807, 2.05) is 0 Å². The summed E-state index contributed by atoms with van der Waals surface area (Å²) in [7, 11) is 1.69. The number of furan rings is 1. The second kappa shape index (κ2) is 5.99. The number of imidazole rings is 1. The third-order valence-corrected chi connectivity index (χ3v) is 4.35. The number of nitrogens with zero attached hydrogens (tertiary/aromatic N) is 3. The number of rotatable bonds is 3. The van der Waals surface area contributed by atoms with E-state index in [4.69, 9.17) is 4.42 Å². The Bertz CT molecular complexity index is 748. The summed E-state index contributed by atoms with van der Waals surface area (Å²) < 4.78 is 44.9. The molecule has 24 heavy (non-hydrogen) atoms. The highest BCUT2D eigenvalue weighted by Gasteiger charge is 2.36. The van der Waals surface area contributed by atoms with Gasteiger partial charge in [0.1, 0.15) is 11.6 Å². The molecule has 2 aromatic heterocycles. The van der Waals surface area contributed by atoms with Gasteiger partial charge >= 0.3 is 6.18 Å². The van der Waals surface area contributed by atoms with Crippen LogP contribution in [0.25, 0.3) is 0 Å². The van der Waals surface area contributed by atoms with Gasteiger partial charge in [-0.05, 0) is 25.3 Å². The standard InChI is InChI=1S/C16H18F3N3O2/c1-10-12(5-6-24-10)15(23)21(2)7-11-3-4-14-20-13(16(17,18)19)9-22(14)8-11/h5-6,9,11H,3-4,7-8H2,1-2H3. The van der Waals surface area contributed by atoms with E-state index in [1.165, 1.54) is 6.26 Å². The van der Waals surface area contributed by atoms with Gasteiger partial charge in [-0.15, -0.1) is 0 Å². The van der Waals surface area contributed by atoms with Crippen LogP contribution in [0.4, 0.5) is 13.2 Å². The van der Waals surface area contributed by atoms with Crippen LogP contribution in [0.1, 0.15) is 34.1 Å². The predicted octanol–water partition coefficient (Wildman–Crippen LogP) is 3.14. The Balaban J connectivity index is 1.66. The molecule has 1 aliphatic rings. The summed E-state index contributed by atoms with van der Waals surface area (Å²) >= 11 is 0. The fourth-order valence-corrected chi connectivity index (χ4v) is 3.08. The lowest BCUT2D eigenvalue weighted by Crippen LogP contribution is -2.35. The Morgan fingerprint density at radius 2 is 2.25 bits per heavy atom. The minimum absolute atomic E-state index is 0.0916. The summed E-state index contributed by atoms with van der Waals surface area (Å²) in [4.78, 5) is 17.6. The first kappa shape index (κ1) is 16.6. The molecule has 1 atom stereocenters. The average molecular weight is 341 g/mol. The Morgan fingerprint density at radius 1 is 1.50 bits per heavy atom. The first-order valence-corrected chi connectivity index (χ1v) is 7.68. The molecule has 1 amide bonds. The molecule has 5 nitrogen and oxygen atoms in total. The maximum Gasteiger partial charge on any atom is 0.434 e. The largest absolute Gasteiger partial charge is 0.469 e. The van der Waals surface area contributed by atoms with Gasteiger partial charge in [0.2, 0.25) is 0 Å². The number of carbonyl (C=O) groups is 1. The van der Waals surface area contributed by atoms with Crippen LogP contribution in [-0.2, 0) is 19.1 Å². The number of halogens is 3. The van der Waals surface area contributed by atoms with Crippen molar-refractivity contribution in [1.29, 1.82) is 0 Å². The van der Waals surface area contributed by atoms with Crippen molar-refractivity contribution in [2.75, 3.05) is 13.6 Å². The van der Waals surface area contributed by atoms with Gasteiger partial charge in [-0.1, -0.05) is 0 Å². The summed E-state index contributed by atoms with van der Waals surface area (Å²) in [6, 6.07) is 1.62. The molecule has 0 saturated carbocycles. The summed E-state index contributed by atoms with van der Waals surface area (Å²) in [6.45, 7) is 2.63. The van der Waals surface area contributed by atoms with E-state index in [0.717, 1.165) is 6.20 Å². The molecule has 0 bridgehead atoms. The van der Waals surface area contributed by atoms with Gasteiger partial charge in [0.15, 0.2) is 5.69 Å². The summed E-state index contributed by atoms with van der Waals surface area (Å²) in [5.74, 6) is 0.961. The normalized spacial score (nSPS) is 17.6. The maximum atomic E-state index is 12.7. The number of fused-ring (bicyclic) bond motifs is 1. The van der Waals surface area contributed by atoms with Crippen LogP contribution in [0, 0.1) is 12.8 Å². The van der Waals surface area contributed by atoms with Gasteiger partial charge in [-0.3, -0.25) is 4.79 Å². The van der Waals surface area contributed by atoms with Crippen LogP contribution in [0.2, 0.25) is 0 Å². The van der Waals surface area contributed by atoms with Gasteiger partial charge in [0.05, 0.1) is 11.8 Å². The molecule has 0 aliphatic carbocycles. The molecule has 0 N–H and O–H groups in total. The minimum atomic E-state index is -4.43. The van der Waals surface area contributed by atoms with Crippen LogP contribution < -0.4 is 0 Å². The van der Waals surface area contributed by atoms with Crippen LogP contribution in [0.5, 0.6) is 0 Å². The van der Waals surface area contributed by atoms with Crippen molar-refractivity contribution in [3.05, 3.63) is 41.4 Å². The zero-order chi connectivity index (χ0) is 17.5. The Morgan fingerprint density at radius 3 is 2.88 bits per heavy atom. The predicted molar refractivity (Wildman–Crippen MR) is 79.4 cm³/mol. The zero-order valence-corrected chi connectivity index (χ0v) is 13.4. The number of aromatic nitrogens is 2. The van der Waals surface area contributed by atoms with E-state index in [-0.39, 0.29) is 11.8 Å². The molecule has 3 rings (SSSR count). The molecule has 0 spiro atoms. The van der Waals surface area contributed by atoms with Crippen molar-refractivity contribution in [3.63, 3.8) is 0 Å². The van der Waals surface area contributed by atoms with Crippen molar-refractivity contribution in [3.8, 4) is 0 Å². The molecule has 0 radical (unpaired) electrons. The molecule has 1 aliphatic heterocycles. The van der Waals surface area contributed by atoms with E-state index in [0.29, 0.717) is 43.1 Å². The quantitative estimate of drug-likeness (QED) is 0.862. The van der Waals surface area contributed by atoms with E-state index in [1.54, 1.807) is 29.5 Å². The van der Waals surface area contributed by atoms with Gasteiger partial charge in [-0.25, -0.2) is 4.98 Å². The highest BCUT2D eigenvalue weighted by molar-refractivity contribution is 5.94. The third-order valence-electron chi connectivity index (χ3n) is 4.35. The molecule has 8 heteroatoms. The van der Waals surface area contributed by atoms with E-state index in [2.05, 4.69) is 4.98 Å². The van der Waals surface area contributed by atoms with Crippen molar-refractivity contribution < 1.29 is 22.4 Å². The monoisotopic (exact) mass is 341 g/mol. The summed E-state index contributed by atoms with van der Waals surface area (Å²) in [6.07, 6.45) is -0.716. The zero-order valence-electron chi connectivity index (χ0n) is 13.4. The highest BCUT2D eigenvalue weighted by Crippen LogP contribution is 2.30. The third kappa shape index (κ3) is 3.18. The van der Waals surface area contributed by atoms with E-state index in [9.17, 15) is 18.0 Å². The minimum Gasteiger partial charge on any atom is -0.469 e. The molecule has 0 aromatic carbocycles. The summed E-state index contributed by atoms with van der Waals surface area (Å²) in [5.41, 5.74) is -0.340. The average Bonchev–Trinajstić information content (AvgIpc) is 3.11. The molecular formula is C16H18F3N3O2. The molecular weight excluding hydrogens is 323 g/mol. The molecule has 1 unspecified atom stereocenters. The summed E-state index contributed by atoms with van der Waals surface area (Å²) in [5, 5.41) is 0. The number of carbonyl (C=O) groups excluding carboxylic acids is 1. The van der Waals surface area contributed by atoms with Gasteiger partial charge in [0.25, 0.3) is 5.91 Å². The molecule has 130 valence electrons. The molecule has 0 saturated heterocycles. The van der Waals surface area contributed by atoms with Gasteiger partial charge in [0, 0.05) is 32.8 Å². The lowest BCUT2D eigenvalue weighted by atomic mass is 9.98. The van der Waals surface area contributed by atoms with Gasteiger partial charge in [-0.2, -0.15) is 13.2 Å². The van der Waals surface area contributed by atoms with Crippen LogP contribution in [0.15, 0.2) is 22.9 Å². The highest BCUT2D eigenvalue weighted by atomic mass is 19.4. The van der Waals surface area contributed by atoms with Crippen LogP contribution in [0.3, 0.4) is 0 Å². The smallest absolute Gasteiger partial charge is 0.434 e. The van der Waals surface area contributed by atoms with Crippen molar-refractivity contribution in [2.45, 2.75) is 32.5 Å². The fourth-order valence-electron chi connectivity index (χ4n) is 3.08. The number of hydrogen-bond donors (Lipinski definition) is 0. The van der Waals surface area contributed by atoms with Crippen molar-refractivity contribution >= 4 is 5.91 Å². The molecule has 0 fully saturated rings. The Kier molecular flexibility index (Phi) is 4.15. The second-order valence-electron chi connectivity index (χ2n) is 6.17. The van der Waals surface area contributed by atoms with E-state index >= 15 is 0 Å². The SMILES string of the molecule is Cc1occc1C(=O)N(C)CC1CCc2nc(C(F)(F)F)cn2C1. The molecule has 3 heterocycles. The fraction of sp³-hybridized carbons (Fsp3) is 0.500. The molecule has 2 aromatic rings. The van der Waals surface area contributed by atoms with Crippen LogP contribution >= 0.6 is 0 Å². The number of alkyl halides is 3. The van der Waals surface area contributed by atoms with Gasteiger partial charge < -0.3 is 13.9 Å². The lowest BCUT2D eigenvalue weighted by molar-refractivity contribution is -0.141. The number of amides is 1. The Hall–Kier alpha value is -2.25. The lowest BCUT2D eigenvalue weighted by Gasteiger charge is -2.28. The Labute approximate surface area is 137 Å². The number of aryl methyl sites for hydroxylation is 2. The first-order chi connectivity index (χ1) is 11.3. The van der Waals surface area contributed by atoms with Crippen molar-refractivity contribution in [1.82, 2.24) is 14.5 Å². The second-order valence-corrected chi connectivity index (χ2v) is 6.17.